The lowest BCUT2D eigenvalue weighted by Gasteiger charge is -2.19. The van der Waals surface area contributed by atoms with E-state index < -0.39 is 0 Å². The topological polar surface area (TPSA) is 144 Å². The molecule has 0 radical (unpaired) electrons. The van der Waals surface area contributed by atoms with Crippen molar-refractivity contribution >= 4 is 57.1 Å². The second kappa shape index (κ2) is 14.2. The summed E-state index contributed by atoms with van der Waals surface area (Å²) >= 11 is 12.8. The number of rotatable bonds is 11. The highest BCUT2D eigenvalue weighted by Crippen LogP contribution is 2.38. The molecule has 0 saturated carbocycles. The standard InChI is InChI=1S/C31H28Cl2N6O4/c32-24-5-2-1-4-19(24)17-42-28-8-7-21(12-25(28)33)38-31-20(15-34)16-36-26-14-29(43-22-9-11-41-18-22)27(13-23(26)31)39-30(40)6-3-10-37-35/h1-8,12-14,16,22,37H,9-11,17-18,35H2,(H,36,38)(H,39,40)/b6-3+. The summed E-state index contributed by atoms with van der Waals surface area (Å²) in [4.78, 5) is 17.2. The van der Waals surface area contributed by atoms with Gasteiger partial charge in [-0.05, 0) is 30.3 Å². The zero-order valence-corrected chi connectivity index (χ0v) is 24.4. The van der Waals surface area contributed by atoms with Crippen LogP contribution in [0.3, 0.4) is 0 Å². The van der Waals surface area contributed by atoms with E-state index >= 15 is 0 Å². The maximum absolute atomic E-state index is 12.7. The summed E-state index contributed by atoms with van der Waals surface area (Å²) in [7, 11) is 0. The number of benzene rings is 3. The first kappa shape index (κ1) is 30.1. The van der Waals surface area contributed by atoms with Gasteiger partial charge in [0.1, 0.15) is 30.3 Å². The number of hydrazine groups is 1. The van der Waals surface area contributed by atoms with Gasteiger partial charge in [-0.15, -0.1) is 0 Å². The van der Waals surface area contributed by atoms with Crippen molar-refractivity contribution in [2.75, 3.05) is 30.4 Å². The molecule has 1 fully saturated rings. The molecule has 0 bridgehead atoms. The van der Waals surface area contributed by atoms with Crippen LogP contribution in [-0.2, 0) is 16.1 Å². The molecule has 5 rings (SSSR count). The minimum Gasteiger partial charge on any atom is -0.487 e. The molecule has 1 amide bonds. The summed E-state index contributed by atoms with van der Waals surface area (Å²) in [5, 5.41) is 17.6. The maximum Gasteiger partial charge on any atom is 0.248 e. The molecule has 5 N–H and O–H groups in total. The minimum atomic E-state index is -0.375. The lowest BCUT2D eigenvalue weighted by molar-refractivity contribution is -0.111. The van der Waals surface area contributed by atoms with Gasteiger partial charge in [-0.25, -0.2) is 0 Å². The van der Waals surface area contributed by atoms with E-state index in [1.807, 2.05) is 18.2 Å². The minimum absolute atomic E-state index is 0.165. The fourth-order valence-corrected chi connectivity index (χ4v) is 4.86. The Hall–Kier alpha value is -4.37. The van der Waals surface area contributed by atoms with Crippen LogP contribution < -0.4 is 31.4 Å². The number of nitrogens with zero attached hydrogens (tertiary/aromatic N) is 2. The van der Waals surface area contributed by atoms with Crippen molar-refractivity contribution < 1.29 is 19.0 Å². The Kier molecular flexibility index (Phi) is 9.94. The van der Waals surface area contributed by atoms with Crippen molar-refractivity contribution in [1.29, 1.82) is 5.26 Å². The predicted molar refractivity (Wildman–Crippen MR) is 167 cm³/mol. The van der Waals surface area contributed by atoms with Crippen molar-refractivity contribution in [3.05, 3.63) is 94.1 Å². The first-order valence-corrected chi connectivity index (χ1v) is 14.2. The van der Waals surface area contributed by atoms with Crippen molar-refractivity contribution in [3.63, 3.8) is 0 Å². The maximum atomic E-state index is 12.7. The van der Waals surface area contributed by atoms with E-state index in [2.05, 4.69) is 27.1 Å². The molecule has 0 aliphatic carbocycles. The number of carbonyl (C=O) groups excluding carboxylic acids is 1. The second-order valence-electron chi connectivity index (χ2n) is 9.58. The van der Waals surface area contributed by atoms with Gasteiger partial charge in [0.15, 0.2) is 0 Å². The highest BCUT2D eigenvalue weighted by molar-refractivity contribution is 6.32. The van der Waals surface area contributed by atoms with Crippen LogP contribution in [0.15, 0.2) is 72.9 Å². The Bertz CT molecular complexity index is 1700. The van der Waals surface area contributed by atoms with Crippen LogP contribution in [0.1, 0.15) is 17.5 Å². The smallest absolute Gasteiger partial charge is 0.248 e. The highest BCUT2D eigenvalue weighted by atomic mass is 35.5. The first-order chi connectivity index (χ1) is 20.9. The van der Waals surface area contributed by atoms with Crippen LogP contribution >= 0.6 is 23.2 Å². The van der Waals surface area contributed by atoms with Crippen LogP contribution in [0.5, 0.6) is 11.5 Å². The number of carbonyl (C=O) groups is 1. The van der Waals surface area contributed by atoms with Crippen molar-refractivity contribution in [2.24, 2.45) is 5.84 Å². The van der Waals surface area contributed by atoms with Gasteiger partial charge in [-0.1, -0.05) is 47.5 Å². The van der Waals surface area contributed by atoms with Crippen LogP contribution in [0.4, 0.5) is 17.1 Å². The number of halogens is 2. The number of amides is 1. The Morgan fingerprint density at radius 2 is 2.02 bits per heavy atom. The summed E-state index contributed by atoms with van der Waals surface area (Å²) < 4.78 is 17.5. The number of hydrogen-bond acceptors (Lipinski definition) is 9. The van der Waals surface area contributed by atoms with Gasteiger partial charge in [0, 0.05) is 53.0 Å². The molecule has 1 aromatic heterocycles. The van der Waals surface area contributed by atoms with Gasteiger partial charge in [0.2, 0.25) is 5.91 Å². The Balaban J connectivity index is 1.46. The normalized spacial score (nSPS) is 14.5. The number of nitrogens with one attached hydrogen (secondary N) is 3. The predicted octanol–water partition coefficient (Wildman–Crippen LogP) is 5.86. The molecular formula is C31H28Cl2N6O4. The fraction of sp³-hybridized carbons (Fsp3) is 0.194. The summed E-state index contributed by atoms with van der Waals surface area (Å²) in [5.74, 6) is 5.83. The number of aromatic nitrogens is 1. The monoisotopic (exact) mass is 618 g/mol. The van der Waals surface area contributed by atoms with Gasteiger partial charge in [0.25, 0.3) is 0 Å². The van der Waals surface area contributed by atoms with Crippen molar-refractivity contribution in [3.8, 4) is 17.6 Å². The molecular weight excluding hydrogens is 591 g/mol. The van der Waals surface area contributed by atoms with Crippen molar-refractivity contribution in [2.45, 2.75) is 19.1 Å². The van der Waals surface area contributed by atoms with Crippen LogP contribution in [0.2, 0.25) is 10.0 Å². The van der Waals surface area contributed by atoms with E-state index in [9.17, 15) is 10.1 Å². The molecule has 2 heterocycles. The van der Waals surface area contributed by atoms with Crippen LogP contribution in [0.25, 0.3) is 10.9 Å². The second-order valence-corrected chi connectivity index (χ2v) is 10.4. The van der Waals surface area contributed by atoms with E-state index in [1.165, 1.54) is 12.3 Å². The quantitative estimate of drug-likeness (QED) is 0.0922. The summed E-state index contributed by atoms with van der Waals surface area (Å²) in [6, 6.07) is 18.3. The van der Waals surface area contributed by atoms with Gasteiger partial charge >= 0.3 is 0 Å². The average molecular weight is 620 g/mol. The molecule has 1 aliphatic rings. The van der Waals surface area contributed by atoms with E-state index in [0.29, 0.717) is 74.8 Å². The third-order valence-corrected chi connectivity index (χ3v) is 7.24. The molecule has 0 spiro atoms. The molecule has 12 heteroatoms. The summed E-state index contributed by atoms with van der Waals surface area (Å²) in [5.41, 5.74) is 5.67. The Morgan fingerprint density at radius 3 is 2.77 bits per heavy atom. The Labute approximate surface area is 258 Å². The number of fused-ring (bicyclic) bond motifs is 1. The largest absolute Gasteiger partial charge is 0.487 e. The highest BCUT2D eigenvalue weighted by Gasteiger charge is 2.21. The Morgan fingerprint density at radius 1 is 1.16 bits per heavy atom. The molecule has 4 aromatic rings. The lowest BCUT2D eigenvalue weighted by atomic mass is 10.1. The number of pyridine rings is 1. The van der Waals surface area contributed by atoms with E-state index in [1.54, 1.807) is 42.5 Å². The van der Waals surface area contributed by atoms with E-state index in [0.717, 1.165) is 12.0 Å². The molecule has 10 nitrogen and oxygen atoms in total. The SMILES string of the molecule is N#Cc1cnc2cc(OC3CCOC3)c(NC(=O)/C=C/CNN)cc2c1Nc1ccc(OCc2ccccc2Cl)c(Cl)c1. The van der Waals surface area contributed by atoms with Crippen molar-refractivity contribution in [1.82, 2.24) is 10.4 Å². The number of anilines is 3. The fourth-order valence-electron chi connectivity index (χ4n) is 4.44. The number of ether oxygens (including phenoxy) is 3. The molecule has 3 aromatic carbocycles. The molecule has 43 heavy (non-hydrogen) atoms. The third-order valence-electron chi connectivity index (χ3n) is 6.58. The van der Waals surface area contributed by atoms with Crippen LogP contribution in [-0.4, -0.2) is 36.8 Å². The average Bonchev–Trinajstić information content (AvgIpc) is 3.51. The number of nitrogens with two attached hydrogens (primary N) is 1. The third kappa shape index (κ3) is 7.53. The first-order valence-electron chi connectivity index (χ1n) is 13.4. The van der Waals surface area contributed by atoms with E-state index in [4.69, 9.17) is 43.3 Å². The number of hydrogen-bond donors (Lipinski definition) is 4. The van der Waals surface area contributed by atoms with Gasteiger partial charge in [0.05, 0.1) is 40.7 Å². The summed E-state index contributed by atoms with van der Waals surface area (Å²) in [6.07, 6.45) is 5.00. The zero-order chi connectivity index (χ0) is 30.2. The van der Waals surface area contributed by atoms with E-state index in [-0.39, 0.29) is 18.6 Å². The molecule has 1 unspecified atom stereocenters. The van der Waals surface area contributed by atoms with Gasteiger partial charge in [-0.3, -0.25) is 21.0 Å². The molecule has 1 saturated heterocycles. The molecule has 1 aliphatic heterocycles. The number of nitriles is 1. The zero-order valence-electron chi connectivity index (χ0n) is 22.9. The van der Waals surface area contributed by atoms with Crippen LogP contribution in [0, 0.1) is 11.3 Å². The lowest BCUT2D eigenvalue weighted by Crippen LogP contribution is -2.22. The molecule has 1 atom stereocenters. The van der Waals surface area contributed by atoms with Gasteiger partial charge in [-0.2, -0.15) is 5.26 Å². The summed E-state index contributed by atoms with van der Waals surface area (Å²) in [6.45, 7) is 1.62. The van der Waals surface area contributed by atoms with Gasteiger partial charge < -0.3 is 24.8 Å². The molecule has 220 valence electrons.